The van der Waals surface area contributed by atoms with Crippen molar-refractivity contribution in [1.82, 2.24) is 0 Å². The van der Waals surface area contributed by atoms with Gasteiger partial charge in [0, 0.05) is 5.57 Å². The quantitative estimate of drug-likeness (QED) is 0.605. The van der Waals surface area contributed by atoms with E-state index in [4.69, 9.17) is 10.2 Å². The Morgan fingerprint density at radius 1 is 1.14 bits per heavy atom. The van der Waals surface area contributed by atoms with Gasteiger partial charge in [-0.2, -0.15) is 4.39 Å². The molecule has 0 bridgehead atoms. The Hall–Kier alpha value is -1.04. The molecular formula is C8H8F4O2. The fourth-order valence-corrected chi connectivity index (χ4v) is 1.13. The van der Waals surface area contributed by atoms with E-state index in [0.717, 1.165) is 0 Å². The SMILES string of the molecule is CC1=C(F)C(F)=C(O)C(C)(F)C1(O)F. The Morgan fingerprint density at radius 3 is 2.00 bits per heavy atom. The van der Waals surface area contributed by atoms with Gasteiger partial charge in [-0.1, -0.05) is 0 Å². The third kappa shape index (κ3) is 1.06. The van der Waals surface area contributed by atoms with Crippen LogP contribution in [0.3, 0.4) is 0 Å². The first-order valence-electron chi connectivity index (χ1n) is 3.70. The fourth-order valence-electron chi connectivity index (χ4n) is 1.13. The Labute approximate surface area is 77.2 Å². The standard InChI is InChI=1S/C8H8F4O2/c1-3-4(9)5(10)6(13)7(2,11)8(3,12)14/h13-14H,1-2H3. The van der Waals surface area contributed by atoms with Gasteiger partial charge in [0.05, 0.1) is 0 Å². The summed E-state index contributed by atoms with van der Waals surface area (Å²) in [4.78, 5) is 0. The number of halogens is 4. The highest BCUT2D eigenvalue weighted by molar-refractivity contribution is 5.42. The summed E-state index contributed by atoms with van der Waals surface area (Å²) in [6, 6.07) is 0. The van der Waals surface area contributed by atoms with Gasteiger partial charge in [-0.05, 0) is 13.8 Å². The summed E-state index contributed by atoms with van der Waals surface area (Å²) in [6.07, 6.45) is 0. The number of aliphatic hydroxyl groups excluding tert-OH is 1. The van der Waals surface area contributed by atoms with E-state index in [0.29, 0.717) is 13.8 Å². The maximum absolute atomic E-state index is 13.3. The first-order chi connectivity index (χ1) is 6.14. The first-order valence-corrected chi connectivity index (χ1v) is 3.70. The van der Waals surface area contributed by atoms with Crippen LogP contribution in [-0.2, 0) is 0 Å². The second-order valence-corrected chi connectivity index (χ2v) is 3.23. The molecule has 0 saturated carbocycles. The van der Waals surface area contributed by atoms with Crippen LogP contribution in [0.15, 0.2) is 23.0 Å². The summed E-state index contributed by atoms with van der Waals surface area (Å²) >= 11 is 0. The van der Waals surface area contributed by atoms with Gasteiger partial charge in [-0.3, -0.25) is 0 Å². The molecule has 14 heavy (non-hydrogen) atoms. The van der Waals surface area contributed by atoms with Crippen LogP contribution < -0.4 is 0 Å². The van der Waals surface area contributed by atoms with Crippen molar-refractivity contribution < 1.29 is 27.8 Å². The number of hydrogen-bond donors (Lipinski definition) is 2. The van der Waals surface area contributed by atoms with Crippen molar-refractivity contribution in [2.24, 2.45) is 0 Å². The number of aliphatic hydroxyl groups is 2. The summed E-state index contributed by atoms with van der Waals surface area (Å²) in [6.45, 7) is 1.11. The number of allylic oxidation sites excluding steroid dienone is 2. The molecule has 0 heterocycles. The van der Waals surface area contributed by atoms with Crippen molar-refractivity contribution in [3.8, 4) is 0 Å². The summed E-state index contributed by atoms with van der Waals surface area (Å²) in [5.41, 5.74) is -4.53. The predicted molar refractivity (Wildman–Crippen MR) is 40.1 cm³/mol. The van der Waals surface area contributed by atoms with Gasteiger partial charge in [-0.25, -0.2) is 13.2 Å². The van der Waals surface area contributed by atoms with E-state index in [9.17, 15) is 17.6 Å². The first kappa shape index (κ1) is 11.0. The zero-order chi connectivity index (χ0) is 11.3. The van der Waals surface area contributed by atoms with Crippen molar-refractivity contribution in [3.63, 3.8) is 0 Å². The molecule has 0 aromatic heterocycles. The van der Waals surface area contributed by atoms with Crippen LogP contribution in [0.2, 0.25) is 0 Å². The van der Waals surface area contributed by atoms with E-state index in [1.165, 1.54) is 0 Å². The third-order valence-electron chi connectivity index (χ3n) is 2.29. The second-order valence-electron chi connectivity index (χ2n) is 3.23. The molecule has 80 valence electrons. The number of alkyl halides is 2. The number of rotatable bonds is 0. The number of hydrogen-bond acceptors (Lipinski definition) is 2. The summed E-state index contributed by atoms with van der Waals surface area (Å²) in [5.74, 6) is -9.22. The molecule has 0 fully saturated rings. The molecule has 0 amide bonds. The van der Waals surface area contributed by atoms with E-state index in [-0.39, 0.29) is 0 Å². The van der Waals surface area contributed by atoms with Crippen LogP contribution >= 0.6 is 0 Å². The molecule has 2 nitrogen and oxygen atoms in total. The molecule has 0 spiro atoms. The highest BCUT2D eigenvalue weighted by Gasteiger charge is 2.59. The molecule has 1 aliphatic rings. The van der Waals surface area contributed by atoms with E-state index in [2.05, 4.69) is 0 Å². The maximum atomic E-state index is 13.3. The van der Waals surface area contributed by atoms with Gasteiger partial charge in [-0.15, -0.1) is 0 Å². The average molecular weight is 212 g/mol. The normalized spacial score (nSPS) is 39.4. The minimum Gasteiger partial charge on any atom is -0.506 e. The van der Waals surface area contributed by atoms with Gasteiger partial charge >= 0.3 is 0 Å². The molecule has 2 N–H and O–H groups in total. The van der Waals surface area contributed by atoms with E-state index in [1.54, 1.807) is 0 Å². The van der Waals surface area contributed by atoms with Crippen LogP contribution in [-0.4, -0.2) is 21.7 Å². The molecule has 0 aromatic carbocycles. The molecular weight excluding hydrogens is 204 g/mol. The van der Waals surface area contributed by atoms with Crippen LogP contribution in [0.4, 0.5) is 17.6 Å². The Kier molecular flexibility index (Phi) is 2.15. The van der Waals surface area contributed by atoms with Crippen molar-refractivity contribution in [2.45, 2.75) is 25.4 Å². The van der Waals surface area contributed by atoms with Gasteiger partial charge in [0.1, 0.15) is 0 Å². The summed E-state index contributed by atoms with van der Waals surface area (Å²) < 4.78 is 52.1. The lowest BCUT2D eigenvalue weighted by Gasteiger charge is -2.35. The second kappa shape index (κ2) is 2.73. The van der Waals surface area contributed by atoms with Gasteiger partial charge in [0.15, 0.2) is 17.4 Å². The van der Waals surface area contributed by atoms with Crippen LogP contribution in [0.5, 0.6) is 0 Å². The fraction of sp³-hybridized carbons (Fsp3) is 0.500. The molecule has 0 aliphatic heterocycles. The van der Waals surface area contributed by atoms with Crippen molar-refractivity contribution in [2.75, 3.05) is 0 Å². The summed E-state index contributed by atoms with van der Waals surface area (Å²) in [7, 11) is 0. The zero-order valence-corrected chi connectivity index (χ0v) is 7.41. The lowest BCUT2D eigenvalue weighted by molar-refractivity contribution is -0.161. The molecule has 1 rings (SSSR count). The zero-order valence-electron chi connectivity index (χ0n) is 7.41. The third-order valence-corrected chi connectivity index (χ3v) is 2.29. The smallest absolute Gasteiger partial charge is 0.273 e. The van der Waals surface area contributed by atoms with E-state index >= 15 is 0 Å². The Bertz CT molecular complexity index is 307. The predicted octanol–water partition coefficient (Wildman–Crippen LogP) is 2.37. The van der Waals surface area contributed by atoms with Gasteiger partial charge in [0.2, 0.25) is 5.67 Å². The molecule has 0 saturated heterocycles. The maximum Gasteiger partial charge on any atom is 0.273 e. The molecule has 0 radical (unpaired) electrons. The van der Waals surface area contributed by atoms with Crippen molar-refractivity contribution >= 4 is 0 Å². The van der Waals surface area contributed by atoms with Crippen molar-refractivity contribution in [3.05, 3.63) is 23.0 Å². The lowest BCUT2D eigenvalue weighted by Crippen LogP contribution is -2.50. The lowest BCUT2D eigenvalue weighted by atomic mass is 9.85. The molecule has 1 aliphatic carbocycles. The highest BCUT2D eigenvalue weighted by atomic mass is 19.2. The van der Waals surface area contributed by atoms with Crippen LogP contribution in [0.25, 0.3) is 0 Å². The Balaban J connectivity index is 3.48. The molecule has 2 atom stereocenters. The Morgan fingerprint density at radius 2 is 1.57 bits per heavy atom. The minimum atomic E-state index is -3.75. The van der Waals surface area contributed by atoms with Gasteiger partial charge in [0.25, 0.3) is 5.85 Å². The van der Waals surface area contributed by atoms with Crippen molar-refractivity contribution in [1.29, 1.82) is 0 Å². The van der Waals surface area contributed by atoms with Crippen LogP contribution in [0, 0.1) is 0 Å². The molecule has 6 heteroatoms. The largest absolute Gasteiger partial charge is 0.506 e. The average Bonchev–Trinajstić information content (AvgIpc) is 2.10. The van der Waals surface area contributed by atoms with E-state index in [1.807, 2.05) is 0 Å². The topological polar surface area (TPSA) is 40.5 Å². The summed E-state index contributed by atoms with van der Waals surface area (Å²) in [5, 5.41) is 17.7. The molecule has 0 aromatic rings. The molecule has 2 unspecified atom stereocenters. The monoisotopic (exact) mass is 212 g/mol. The van der Waals surface area contributed by atoms with Crippen LogP contribution in [0.1, 0.15) is 13.8 Å². The van der Waals surface area contributed by atoms with Gasteiger partial charge < -0.3 is 10.2 Å². The van der Waals surface area contributed by atoms with E-state index < -0.39 is 34.5 Å². The minimum absolute atomic E-state index is 0.415. The highest BCUT2D eigenvalue weighted by Crippen LogP contribution is 2.47.